The first-order valence-corrected chi connectivity index (χ1v) is 6.09. The van der Waals surface area contributed by atoms with Crippen LogP contribution >= 0.6 is 23.2 Å². The fourth-order valence-corrected chi connectivity index (χ4v) is 2.22. The summed E-state index contributed by atoms with van der Waals surface area (Å²) in [6.07, 6.45) is 0.706. The molecule has 0 amide bonds. The van der Waals surface area contributed by atoms with Crippen LogP contribution in [0.4, 0.5) is 0 Å². The van der Waals surface area contributed by atoms with Gasteiger partial charge in [-0.1, -0.05) is 11.6 Å². The molecule has 0 aliphatic rings. The topological polar surface area (TPSA) is 35.2 Å². The monoisotopic (exact) mass is 261 g/mol. The maximum atomic E-state index is 6.21. The van der Waals surface area contributed by atoms with Gasteiger partial charge in [0.1, 0.15) is 5.75 Å². The molecule has 0 radical (unpaired) electrons. The van der Waals surface area contributed by atoms with Crippen LogP contribution in [0.15, 0.2) is 6.07 Å². The maximum absolute atomic E-state index is 6.21. The minimum atomic E-state index is -0.134. The summed E-state index contributed by atoms with van der Waals surface area (Å²) in [5, 5.41) is 0.751. The lowest BCUT2D eigenvalue weighted by molar-refractivity contribution is 0.404. The smallest absolute Gasteiger partial charge is 0.124 e. The molecule has 0 spiro atoms. The summed E-state index contributed by atoms with van der Waals surface area (Å²) in [4.78, 5) is 0. The molecule has 0 saturated heterocycles. The van der Waals surface area contributed by atoms with E-state index in [1.807, 2.05) is 19.9 Å². The predicted octanol–water partition coefficient (Wildman–Crippen LogP) is 3.59. The van der Waals surface area contributed by atoms with E-state index in [4.69, 9.17) is 33.7 Å². The fourth-order valence-electron chi connectivity index (χ4n) is 1.83. The third kappa shape index (κ3) is 2.62. The Bertz CT molecular complexity index is 380. The molecule has 2 nitrogen and oxygen atoms in total. The Balaban J connectivity index is 3.29. The molecular formula is C12H17Cl2NO. The first kappa shape index (κ1) is 13.6. The maximum Gasteiger partial charge on any atom is 0.124 e. The van der Waals surface area contributed by atoms with Crippen molar-refractivity contribution < 1.29 is 4.74 Å². The molecule has 1 rings (SSSR count). The lowest BCUT2D eigenvalue weighted by Crippen LogP contribution is -2.14. The number of alkyl halides is 1. The van der Waals surface area contributed by atoms with Crippen LogP contribution in [0.25, 0.3) is 0 Å². The number of ether oxygens (including phenoxy) is 1. The highest BCUT2D eigenvalue weighted by Gasteiger charge is 2.18. The summed E-state index contributed by atoms with van der Waals surface area (Å²) >= 11 is 11.9. The van der Waals surface area contributed by atoms with Gasteiger partial charge in [-0.05, 0) is 37.5 Å². The Morgan fingerprint density at radius 2 is 2.06 bits per heavy atom. The minimum Gasteiger partial charge on any atom is -0.496 e. The van der Waals surface area contributed by atoms with Crippen LogP contribution in [0.1, 0.15) is 29.2 Å². The van der Waals surface area contributed by atoms with E-state index in [2.05, 4.69) is 0 Å². The van der Waals surface area contributed by atoms with Crippen molar-refractivity contribution in [2.24, 2.45) is 5.73 Å². The zero-order valence-electron chi connectivity index (χ0n) is 9.81. The van der Waals surface area contributed by atoms with E-state index in [-0.39, 0.29) is 6.04 Å². The van der Waals surface area contributed by atoms with Gasteiger partial charge in [-0.3, -0.25) is 0 Å². The normalized spacial score (nSPS) is 12.6. The molecule has 2 N–H and O–H groups in total. The van der Waals surface area contributed by atoms with Gasteiger partial charge in [-0.2, -0.15) is 0 Å². The number of hydrogen-bond acceptors (Lipinski definition) is 2. The Morgan fingerprint density at radius 1 is 1.44 bits per heavy atom. The first-order chi connectivity index (χ1) is 7.52. The van der Waals surface area contributed by atoms with Crippen molar-refractivity contribution in [3.63, 3.8) is 0 Å². The van der Waals surface area contributed by atoms with Gasteiger partial charge in [0.25, 0.3) is 0 Å². The molecule has 1 unspecified atom stereocenters. The second-order valence-corrected chi connectivity index (χ2v) is 4.59. The molecule has 1 aromatic carbocycles. The van der Waals surface area contributed by atoms with Gasteiger partial charge >= 0.3 is 0 Å². The predicted molar refractivity (Wildman–Crippen MR) is 69.7 cm³/mol. The molecule has 1 atom stereocenters. The zero-order chi connectivity index (χ0) is 12.3. The Kier molecular flexibility index (Phi) is 4.90. The van der Waals surface area contributed by atoms with Gasteiger partial charge in [0, 0.05) is 22.5 Å². The van der Waals surface area contributed by atoms with Gasteiger partial charge in [-0.25, -0.2) is 0 Å². The van der Waals surface area contributed by atoms with Crippen molar-refractivity contribution in [3.8, 4) is 5.75 Å². The number of nitrogens with two attached hydrogens (primary N) is 1. The lowest BCUT2D eigenvalue weighted by Gasteiger charge is -2.19. The van der Waals surface area contributed by atoms with Crippen molar-refractivity contribution in [1.29, 1.82) is 0 Å². The fraction of sp³-hybridized carbons (Fsp3) is 0.500. The third-order valence-corrected chi connectivity index (χ3v) is 3.50. The van der Waals surface area contributed by atoms with E-state index in [0.717, 1.165) is 27.5 Å². The zero-order valence-corrected chi connectivity index (χ0v) is 11.3. The molecule has 0 saturated carbocycles. The highest BCUT2D eigenvalue weighted by Crippen LogP contribution is 2.35. The molecule has 0 aliphatic heterocycles. The van der Waals surface area contributed by atoms with Crippen molar-refractivity contribution in [2.75, 3.05) is 13.0 Å². The summed E-state index contributed by atoms with van der Waals surface area (Å²) in [6.45, 7) is 3.91. The van der Waals surface area contributed by atoms with Crippen LogP contribution in [-0.4, -0.2) is 13.0 Å². The van der Waals surface area contributed by atoms with Crippen LogP contribution in [0.2, 0.25) is 5.02 Å². The first-order valence-electron chi connectivity index (χ1n) is 5.18. The van der Waals surface area contributed by atoms with E-state index in [1.165, 1.54) is 0 Å². The second kappa shape index (κ2) is 5.76. The van der Waals surface area contributed by atoms with Crippen LogP contribution < -0.4 is 10.5 Å². The van der Waals surface area contributed by atoms with Crippen LogP contribution in [0, 0.1) is 13.8 Å². The molecule has 0 heterocycles. The standard InChI is InChI=1S/C12H17Cl2NO/c1-7-6-10(16-3)11(8(2)12(7)14)9(15)4-5-13/h6,9H,4-5,15H2,1-3H3. The second-order valence-electron chi connectivity index (χ2n) is 3.83. The van der Waals surface area contributed by atoms with Gasteiger partial charge in [0.2, 0.25) is 0 Å². The minimum absolute atomic E-state index is 0.134. The van der Waals surface area contributed by atoms with Crippen molar-refractivity contribution in [2.45, 2.75) is 26.3 Å². The average Bonchev–Trinajstić information content (AvgIpc) is 2.25. The van der Waals surface area contributed by atoms with Gasteiger partial charge in [-0.15, -0.1) is 11.6 Å². The molecule has 1 aromatic rings. The molecule has 16 heavy (non-hydrogen) atoms. The average molecular weight is 262 g/mol. The highest BCUT2D eigenvalue weighted by molar-refractivity contribution is 6.32. The van der Waals surface area contributed by atoms with E-state index in [1.54, 1.807) is 7.11 Å². The highest BCUT2D eigenvalue weighted by atomic mass is 35.5. The number of hydrogen-bond donors (Lipinski definition) is 1. The van der Waals surface area contributed by atoms with Gasteiger partial charge in [0.05, 0.1) is 7.11 Å². The summed E-state index contributed by atoms with van der Waals surface area (Å²) in [5.74, 6) is 1.31. The van der Waals surface area contributed by atoms with Crippen molar-refractivity contribution >= 4 is 23.2 Å². The molecule has 0 bridgehead atoms. The van der Waals surface area contributed by atoms with Crippen LogP contribution in [0.3, 0.4) is 0 Å². The third-order valence-electron chi connectivity index (χ3n) is 2.70. The summed E-state index contributed by atoms with van der Waals surface area (Å²) < 4.78 is 5.35. The molecular weight excluding hydrogens is 245 g/mol. The van der Waals surface area contributed by atoms with Crippen LogP contribution in [0.5, 0.6) is 5.75 Å². The molecule has 0 fully saturated rings. The van der Waals surface area contributed by atoms with Crippen molar-refractivity contribution in [3.05, 3.63) is 27.8 Å². The summed E-state index contributed by atoms with van der Waals surface area (Å²) in [5.41, 5.74) is 9.02. The summed E-state index contributed by atoms with van der Waals surface area (Å²) in [6, 6.07) is 1.78. The molecule has 0 aliphatic carbocycles. The Morgan fingerprint density at radius 3 is 2.56 bits per heavy atom. The van der Waals surface area contributed by atoms with Crippen molar-refractivity contribution in [1.82, 2.24) is 0 Å². The van der Waals surface area contributed by atoms with E-state index >= 15 is 0 Å². The molecule has 0 aromatic heterocycles. The number of aryl methyl sites for hydroxylation is 1. The number of methoxy groups -OCH3 is 1. The SMILES string of the molecule is COc1cc(C)c(Cl)c(C)c1C(N)CCCl. The number of benzene rings is 1. The Hall–Kier alpha value is -0.440. The summed E-state index contributed by atoms with van der Waals surface area (Å²) in [7, 11) is 1.64. The molecule has 90 valence electrons. The van der Waals surface area contributed by atoms with Gasteiger partial charge < -0.3 is 10.5 Å². The lowest BCUT2D eigenvalue weighted by atomic mass is 9.96. The largest absolute Gasteiger partial charge is 0.496 e. The molecule has 4 heteroatoms. The Labute approximate surface area is 107 Å². The van der Waals surface area contributed by atoms with E-state index in [9.17, 15) is 0 Å². The number of halogens is 2. The number of rotatable bonds is 4. The van der Waals surface area contributed by atoms with E-state index in [0.29, 0.717) is 12.3 Å². The van der Waals surface area contributed by atoms with E-state index < -0.39 is 0 Å². The quantitative estimate of drug-likeness (QED) is 0.841. The van der Waals surface area contributed by atoms with Gasteiger partial charge in [0.15, 0.2) is 0 Å². The van der Waals surface area contributed by atoms with Crippen LogP contribution in [-0.2, 0) is 0 Å².